The maximum absolute atomic E-state index is 5.80. The van der Waals surface area contributed by atoms with Crippen molar-refractivity contribution < 1.29 is 23.7 Å². The van der Waals surface area contributed by atoms with Crippen LogP contribution >= 0.6 is 0 Å². The molecule has 6 heteroatoms. The molecule has 0 radical (unpaired) electrons. The van der Waals surface area contributed by atoms with Gasteiger partial charge in [-0.25, -0.2) is 0 Å². The van der Waals surface area contributed by atoms with Gasteiger partial charge in [0.05, 0.1) is 51.9 Å². The molecule has 0 unspecified atom stereocenters. The number of rotatable bonds is 20. The van der Waals surface area contributed by atoms with Crippen LogP contribution in [0.3, 0.4) is 0 Å². The first kappa shape index (κ1) is 24.7. The third-order valence-electron chi connectivity index (χ3n) is 4.16. The van der Waals surface area contributed by atoms with Crippen molar-refractivity contribution in [3.05, 3.63) is 24.3 Å². The minimum atomic E-state index is 0.468. The highest BCUT2D eigenvalue weighted by molar-refractivity contribution is 5.51. The summed E-state index contributed by atoms with van der Waals surface area (Å²) >= 11 is 0. The Morgan fingerprint density at radius 2 is 1.11 bits per heavy atom. The number of unbranched alkanes of at least 4 members (excludes halogenated alkanes) is 5. The van der Waals surface area contributed by atoms with Crippen molar-refractivity contribution in [3.63, 3.8) is 0 Å². The summed E-state index contributed by atoms with van der Waals surface area (Å²) in [7, 11) is 0. The van der Waals surface area contributed by atoms with Crippen LogP contribution in [-0.4, -0.2) is 59.5 Å². The average Bonchev–Trinajstić information content (AvgIpc) is 2.71. The zero-order valence-electron chi connectivity index (χ0n) is 17.5. The molecule has 6 nitrogen and oxygen atoms in total. The smallest absolute Gasteiger partial charge is 0.142 e. The minimum Gasteiger partial charge on any atom is -0.489 e. The lowest BCUT2D eigenvalue weighted by Gasteiger charge is -2.09. The zero-order chi connectivity index (χ0) is 20.1. The predicted octanol–water partition coefficient (Wildman–Crippen LogP) is 4.07. The van der Waals surface area contributed by atoms with Crippen LogP contribution in [0.15, 0.2) is 24.3 Å². The highest BCUT2D eigenvalue weighted by Crippen LogP contribution is 2.19. The van der Waals surface area contributed by atoms with Gasteiger partial charge in [-0.15, -0.1) is 0 Å². The number of nitrogen functional groups attached to an aromatic ring is 1. The zero-order valence-corrected chi connectivity index (χ0v) is 17.5. The Bertz CT molecular complexity index is 458. The molecule has 1 aromatic carbocycles. The van der Waals surface area contributed by atoms with Crippen LogP contribution < -0.4 is 10.5 Å². The lowest BCUT2D eigenvalue weighted by atomic mass is 10.1. The summed E-state index contributed by atoms with van der Waals surface area (Å²) in [6.45, 7) is 7.56. The van der Waals surface area contributed by atoms with Crippen molar-refractivity contribution in [2.75, 3.05) is 65.2 Å². The minimum absolute atomic E-state index is 0.468. The maximum atomic E-state index is 5.80. The summed E-state index contributed by atoms with van der Waals surface area (Å²) in [4.78, 5) is 0. The Morgan fingerprint density at radius 3 is 1.71 bits per heavy atom. The quantitative estimate of drug-likeness (QED) is 0.264. The van der Waals surface area contributed by atoms with Gasteiger partial charge in [0.2, 0.25) is 0 Å². The number of benzene rings is 1. The van der Waals surface area contributed by atoms with E-state index >= 15 is 0 Å². The molecule has 0 bridgehead atoms. The Balaban J connectivity index is 1.72. The lowest BCUT2D eigenvalue weighted by Crippen LogP contribution is -2.14. The summed E-state index contributed by atoms with van der Waals surface area (Å²) in [5.41, 5.74) is 6.43. The molecule has 0 aliphatic carbocycles. The Hall–Kier alpha value is -1.34. The molecule has 0 aliphatic heterocycles. The second-order valence-corrected chi connectivity index (χ2v) is 6.60. The van der Waals surface area contributed by atoms with Crippen LogP contribution in [-0.2, 0) is 18.9 Å². The fourth-order valence-corrected chi connectivity index (χ4v) is 2.57. The van der Waals surface area contributed by atoms with Crippen LogP contribution in [0.5, 0.6) is 5.75 Å². The highest BCUT2D eigenvalue weighted by atomic mass is 16.6. The van der Waals surface area contributed by atoms with Gasteiger partial charge >= 0.3 is 0 Å². The van der Waals surface area contributed by atoms with E-state index in [1.165, 1.54) is 32.1 Å². The van der Waals surface area contributed by atoms with Crippen molar-refractivity contribution in [2.45, 2.75) is 45.4 Å². The van der Waals surface area contributed by atoms with E-state index in [9.17, 15) is 0 Å². The Labute approximate surface area is 170 Å². The van der Waals surface area contributed by atoms with Crippen LogP contribution in [0.4, 0.5) is 5.69 Å². The molecule has 2 N–H and O–H groups in total. The SMILES string of the molecule is CCCCCCCCOCCOCCOCCOCCOc1ccccc1N. The van der Waals surface area contributed by atoms with E-state index in [0.29, 0.717) is 64.3 Å². The van der Waals surface area contributed by atoms with Gasteiger partial charge in [-0.2, -0.15) is 0 Å². The van der Waals surface area contributed by atoms with E-state index in [2.05, 4.69) is 6.92 Å². The summed E-state index contributed by atoms with van der Waals surface area (Å²) in [6.07, 6.45) is 7.73. The fourth-order valence-electron chi connectivity index (χ4n) is 2.57. The number of nitrogens with two attached hydrogens (primary N) is 1. The van der Waals surface area contributed by atoms with Crippen LogP contribution in [0.25, 0.3) is 0 Å². The first-order valence-corrected chi connectivity index (χ1v) is 10.6. The molecule has 0 heterocycles. The first-order valence-electron chi connectivity index (χ1n) is 10.6. The van der Waals surface area contributed by atoms with Gasteiger partial charge in [0.1, 0.15) is 12.4 Å². The third-order valence-corrected chi connectivity index (χ3v) is 4.16. The molecule has 0 saturated heterocycles. The normalized spacial score (nSPS) is 11.0. The van der Waals surface area contributed by atoms with Crippen molar-refractivity contribution in [2.24, 2.45) is 0 Å². The van der Waals surface area contributed by atoms with Crippen molar-refractivity contribution in [1.29, 1.82) is 0 Å². The van der Waals surface area contributed by atoms with Gasteiger partial charge in [-0.3, -0.25) is 0 Å². The van der Waals surface area contributed by atoms with E-state index in [0.717, 1.165) is 13.0 Å². The molecule has 0 spiro atoms. The van der Waals surface area contributed by atoms with Gasteiger partial charge < -0.3 is 29.4 Å². The molecule has 0 fully saturated rings. The number of para-hydroxylation sites is 2. The third kappa shape index (κ3) is 14.7. The first-order chi connectivity index (χ1) is 13.8. The van der Waals surface area contributed by atoms with Gasteiger partial charge in [-0.05, 0) is 18.6 Å². The molecule has 1 rings (SSSR count). The molecule has 0 amide bonds. The van der Waals surface area contributed by atoms with Crippen molar-refractivity contribution in [1.82, 2.24) is 0 Å². The number of anilines is 1. The van der Waals surface area contributed by atoms with E-state index < -0.39 is 0 Å². The van der Waals surface area contributed by atoms with E-state index in [4.69, 9.17) is 29.4 Å². The topological polar surface area (TPSA) is 72.2 Å². The fraction of sp³-hybridized carbons (Fsp3) is 0.727. The Kier molecular flexibility index (Phi) is 16.8. The summed E-state index contributed by atoms with van der Waals surface area (Å²) < 4.78 is 27.5. The number of ether oxygens (including phenoxy) is 5. The van der Waals surface area contributed by atoms with Gasteiger partial charge in [0.15, 0.2) is 0 Å². The van der Waals surface area contributed by atoms with Crippen LogP contribution in [0.2, 0.25) is 0 Å². The molecule has 1 aromatic rings. The van der Waals surface area contributed by atoms with Gasteiger partial charge in [0.25, 0.3) is 0 Å². The lowest BCUT2D eigenvalue weighted by molar-refractivity contribution is -0.00485. The average molecular weight is 398 g/mol. The van der Waals surface area contributed by atoms with E-state index in [-0.39, 0.29) is 0 Å². The maximum Gasteiger partial charge on any atom is 0.142 e. The molecule has 162 valence electrons. The molecule has 0 saturated carbocycles. The molecule has 0 aromatic heterocycles. The van der Waals surface area contributed by atoms with Crippen LogP contribution in [0, 0.1) is 0 Å². The van der Waals surface area contributed by atoms with Crippen molar-refractivity contribution >= 4 is 5.69 Å². The number of hydrogen-bond donors (Lipinski definition) is 1. The molecule has 0 atom stereocenters. The Morgan fingerprint density at radius 1 is 0.607 bits per heavy atom. The summed E-state index contributed by atoms with van der Waals surface area (Å²) in [6, 6.07) is 7.43. The highest BCUT2D eigenvalue weighted by Gasteiger charge is 1.98. The second-order valence-electron chi connectivity index (χ2n) is 6.60. The van der Waals surface area contributed by atoms with E-state index in [1.807, 2.05) is 24.3 Å². The van der Waals surface area contributed by atoms with E-state index in [1.54, 1.807) is 0 Å². The van der Waals surface area contributed by atoms with Crippen LogP contribution in [0.1, 0.15) is 45.4 Å². The largest absolute Gasteiger partial charge is 0.489 e. The summed E-state index contributed by atoms with van der Waals surface area (Å²) in [5.74, 6) is 0.690. The predicted molar refractivity (Wildman–Crippen MR) is 113 cm³/mol. The molecular weight excluding hydrogens is 358 g/mol. The molecule has 0 aliphatic rings. The number of hydrogen-bond acceptors (Lipinski definition) is 6. The second kappa shape index (κ2) is 19.0. The van der Waals surface area contributed by atoms with Crippen molar-refractivity contribution in [3.8, 4) is 5.75 Å². The molecule has 28 heavy (non-hydrogen) atoms. The monoisotopic (exact) mass is 397 g/mol. The molecular formula is C22H39NO5. The summed E-state index contributed by atoms with van der Waals surface area (Å²) in [5, 5.41) is 0. The van der Waals surface area contributed by atoms with Gasteiger partial charge in [0, 0.05) is 6.61 Å². The van der Waals surface area contributed by atoms with Gasteiger partial charge in [-0.1, -0.05) is 51.2 Å². The standard InChI is InChI=1S/C22H39NO5/c1-2-3-4-5-6-9-12-24-13-14-25-15-16-26-17-18-27-19-20-28-22-11-8-7-10-21(22)23/h7-8,10-11H,2-6,9,12-20,23H2,1H3.